The fourth-order valence-corrected chi connectivity index (χ4v) is 4.50. The average Bonchev–Trinajstić information content (AvgIpc) is 2.88. The Morgan fingerprint density at radius 1 is 0.800 bits per heavy atom. The molecule has 0 unspecified atom stereocenters. The second kappa shape index (κ2) is 9.18. The average molecular weight is 467 g/mol. The summed E-state index contributed by atoms with van der Waals surface area (Å²) < 4.78 is 23.5. The maximum atomic E-state index is 13.7. The molecule has 0 fully saturated rings. The minimum atomic E-state index is -0.205. The van der Waals surface area contributed by atoms with Gasteiger partial charge in [0, 0.05) is 5.56 Å². The van der Waals surface area contributed by atoms with E-state index < -0.39 is 0 Å². The summed E-state index contributed by atoms with van der Waals surface area (Å²) in [5.41, 5.74) is 3.86. The molecule has 0 aliphatic rings. The Bertz CT molecular complexity index is 1610. The van der Waals surface area contributed by atoms with Gasteiger partial charge in [-0.25, -0.2) is 0 Å². The molecule has 4 aromatic carbocycles. The molecular formula is C30H26O5. The van der Waals surface area contributed by atoms with Crippen molar-refractivity contribution in [3.8, 4) is 28.6 Å². The van der Waals surface area contributed by atoms with Gasteiger partial charge in [-0.05, 0) is 65.6 Å². The molecule has 0 saturated heterocycles. The lowest BCUT2D eigenvalue weighted by Gasteiger charge is -2.15. The van der Waals surface area contributed by atoms with Crippen molar-refractivity contribution >= 4 is 21.7 Å². The van der Waals surface area contributed by atoms with Crippen molar-refractivity contribution < 1.29 is 18.6 Å². The van der Waals surface area contributed by atoms with E-state index in [0.29, 0.717) is 33.8 Å². The van der Waals surface area contributed by atoms with Crippen LogP contribution in [0.1, 0.15) is 16.7 Å². The van der Waals surface area contributed by atoms with E-state index in [1.165, 1.54) is 0 Å². The number of benzene rings is 4. The summed E-state index contributed by atoms with van der Waals surface area (Å²) in [4.78, 5) is 13.7. The zero-order valence-electron chi connectivity index (χ0n) is 20.2. The predicted octanol–water partition coefficient (Wildman–Crippen LogP) is 6.83. The third-order valence-corrected chi connectivity index (χ3v) is 6.18. The normalized spacial score (nSPS) is 11.1. The molecule has 35 heavy (non-hydrogen) atoms. The predicted molar refractivity (Wildman–Crippen MR) is 139 cm³/mol. The molecule has 176 valence electrons. The summed E-state index contributed by atoms with van der Waals surface area (Å²) >= 11 is 0. The topological polar surface area (TPSA) is 57.9 Å². The van der Waals surface area contributed by atoms with E-state index in [9.17, 15) is 4.79 Å². The highest BCUT2D eigenvalue weighted by Gasteiger charge is 2.21. The summed E-state index contributed by atoms with van der Waals surface area (Å²) in [5, 5.41) is 2.70. The van der Waals surface area contributed by atoms with Crippen LogP contribution in [0.4, 0.5) is 0 Å². The van der Waals surface area contributed by atoms with Gasteiger partial charge < -0.3 is 18.6 Å². The maximum absolute atomic E-state index is 13.7. The lowest BCUT2D eigenvalue weighted by atomic mass is 10.0. The first kappa shape index (κ1) is 22.5. The summed E-state index contributed by atoms with van der Waals surface area (Å²) in [6.07, 6.45) is 0. The molecule has 0 aliphatic carbocycles. The number of fused-ring (bicyclic) bond motifs is 2. The molecule has 0 radical (unpaired) electrons. The van der Waals surface area contributed by atoms with Crippen LogP contribution >= 0.6 is 0 Å². The van der Waals surface area contributed by atoms with Crippen LogP contribution < -0.4 is 19.6 Å². The Kier molecular flexibility index (Phi) is 5.91. The summed E-state index contributed by atoms with van der Waals surface area (Å²) in [7, 11) is 3.15. The molecule has 5 aromatic rings. The number of methoxy groups -OCH3 is 2. The van der Waals surface area contributed by atoms with Crippen LogP contribution in [-0.2, 0) is 6.61 Å². The fourth-order valence-electron chi connectivity index (χ4n) is 4.50. The number of aryl methyl sites for hydroxylation is 2. The second-order valence-electron chi connectivity index (χ2n) is 8.54. The van der Waals surface area contributed by atoms with E-state index in [4.69, 9.17) is 18.6 Å². The zero-order chi connectivity index (χ0) is 24.5. The molecule has 1 aromatic heterocycles. The Morgan fingerprint density at radius 2 is 1.57 bits per heavy atom. The summed E-state index contributed by atoms with van der Waals surface area (Å²) in [6.45, 7) is 4.13. The van der Waals surface area contributed by atoms with Gasteiger partial charge in [-0.2, -0.15) is 0 Å². The van der Waals surface area contributed by atoms with E-state index in [-0.39, 0.29) is 17.8 Å². The smallest absolute Gasteiger partial charge is 0.235 e. The monoisotopic (exact) mass is 466 g/mol. The molecule has 1 heterocycles. The van der Waals surface area contributed by atoms with Crippen molar-refractivity contribution in [2.75, 3.05) is 14.2 Å². The first-order valence-electron chi connectivity index (χ1n) is 11.4. The Labute approximate surface area is 203 Å². The SMILES string of the molecule is COc1ccc(-c2oc3c(C)cc(C)cc3c(=O)c2OCc2cccc3ccccc23)cc1OC. The van der Waals surface area contributed by atoms with Crippen molar-refractivity contribution in [2.24, 2.45) is 0 Å². The highest BCUT2D eigenvalue weighted by molar-refractivity contribution is 5.86. The molecular weight excluding hydrogens is 440 g/mol. The van der Waals surface area contributed by atoms with Crippen molar-refractivity contribution in [1.29, 1.82) is 0 Å². The van der Waals surface area contributed by atoms with E-state index in [2.05, 4.69) is 18.2 Å². The number of ether oxygens (including phenoxy) is 3. The zero-order valence-corrected chi connectivity index (χ0v) is 20.2. The lowest BCUT2D eigenvalue weighted by Crippen LogP contribution is -2.11. The van der Waals surface area contributed by atoms with Gasteiger partial charge >= 0.3 is 0 Å². The molecule has 5 heteroatoms. The van der Waals surface area contributed by atoms with E-state index >= 15 is 0 Å². The molecule has 0 aliphatic heterocycles. The van der Waals surface area contributed by atoms with Crippen LogP contribution in [0.5, 0.6) is 17.2 Å². The molecule has 0 atom stereocenters. The van der Waals surface area contributed by atoms with Gasteiger partial charge in [0.2, 0.25) is 11.2 Å². The molecule has 0 spiro atoms. The highest BCUT2D eigenvalue weighted by atomic mass is 16.5. The standard InChI is InChI=1S/C30H26O5/c1-18-14-19(2)28-24(15-18)27(31)30(29(35-28)21-12-13-25(32-3)26(16-21)33-4)34-17-22-10-7-9-20-8-5-6-11-23(20)22/h5-16H,17H2,1-4H3. The van der Waals surface area contributed by atoms with Crippen LogP contribution in [0.15, 0.2) is 82.0 Å². The molecule has 5 rings (SSSR count). The largest absolute Gasteiger partial charge is 0.493 e. The second-order valence-corrected chi connectivity index (χ2v) is 8.54. The molecule has 0 amide bonds. The van der Waals surface area contributed by atoms with Crippen molar-refractivity contribution in [1.82, 2.24) is 0 Å². The number of hydrogen-bond donors (Lipinski definition) is 0. The quantitative estimate of drug-likeness (QED) is 0.275. The number of hydrogen-bond acceptors (Lipinski definition) is 5. The van der Waals surface area contributed by atoms with Crippen LogP contribution in [0.3, 0.4) is 0 Å². The minimum absolute atomic E-state index is 0.169. The van der Waals surface area contributed by atoms with Crippen molar-refractivity contribution in [2.45, 2.75) is 20.5 Å². The van der Waals surface area contributed by atoms with Gasteiger partial charge in [-0.1, -0.05) is 48.5 Å². The van der Waals surface area contributed by atoms with Crippen molar-refractivity contribution in [3.05, 3.63) is 99.7 Å². The summed E-state index contributed by atoms with van der Waals surface area (Å²) in [5.74, 6) is 1.65. The van der Waals surface area contributed by atoms with E-state index in [1.54, 1.807) is 26.4 Å². The highest BCUT2D eigenvalue weighted by Crippen LogP contribution is 2.37. The van der Waals surface area contributed by atoms with Gasteiger partial charge in [0.05, 0.1) is 19.6 Å². The van der Waals surface area contributed by atoms with Gasteiger partial charge in [-0.15, -0.1) is 0 Å². The first-order chi connectivity index (χ1) is 17.0. The van der Waals surface area contributed by atoms with Gasteiger partial charge in [0.15, 0.2) is 17.3 Å². The Hall–Kier alpha value is -4.25. The Morgan fingerprint density at radius 3 is 2.37 bits per heavy atom. The fraction of sp³-hybridized carbons (Fsp3) is 0.167. The minimum Gasteiger partial charge on any atom is -0.493 e. The first-order valence-corrected chi connectivity index (χ1v) is 11.4. The van der Waals surface area contributed by atoms with Gasteiger partial charge in [-0.3, -0.25) is 4.79 Å². The molecule has 0 bridgehead atoms. The Balaban J connectivity index is 1.69. The number of rotatable bonds is 6. The molecule has 0 N–H and O–H groups in total. The van der Waals surface area contributed by atoms with E-state index in [0.717, 1.165) is 27.5 Å². The maximum Gasteiger partial charge on any atom is 0.235 e. The van der Waals surface area contributed by atoms with Crippen LogP contribution in [0.2, 0.25) is 0 Å². The van der Waals surface area contributed by atoms with Gasteiger partial charge in [0.25, 0.3) is 0 Å². The van der Waals surface area contributed by atoms with Crippen LogP contribution in [0, 0.1) is 13.8 Å². The van der Waals surface area contributed by atoms with E-state index in [1.807, 2.05) is 56.3 Å². The molecule has 0 saturated carbocycles. The van der Waals surface area contributed by atoms with Crippen LogP contribution in [0.25, 0.3) is 33.1 Å². The third-order valence-electron chi connectivity index (χ3n) is 6.18. The molecule has 5 nitrogen and oxygen atoms in total. The third kappa shape index (κ3) is 4.10. The van der Waals surface area contributed by atoms with Crippen molar-refractivity contribution in [3.63, 3.8) is 0 Å². The summed E-state index contributed by atoms with van der Waals surface area (Å²) in [6, 6.07) is 23.4. The van der Waals surface area contributed by atoms with Gasteiger partial charge in [0.1, 0.15) is 12.2 Å². The van der Waals surface area contributed by atoms with Crippen LogP contribution in [-0.4, -0.2) is 14.2 Å². The lowest BCUT2D eigenvalue weighted by molar-refractivity contribution is 0.299.